The number of esters is 6. The highest BCUT2D eigenvalue weighted by molar-refractivity contribution is 7.88. The van der Waals surface area contributed by atoms with Gasteiger partial charge in [0.2, 0.25) is 15.9 Å². The van der Waals surface area contributed by atoms with Crippen molar-refractivity contribution in [2.24, 2.45) is 5.92 Å². The number of aryl methyl sites for hydroxylation is 2. The number of amides is 1. The molecule has 3 aromatic carbocycles. The van der Waals surface area contributed by atoms with Gasteiger partial charge in [0.15, 0.2) is 36.3 Å². The van der Waals surface area contributed by atoms with E-state index in [4.69, 9.17) is 37.9 Å². The molecule has 9 atom stereocenters. The van der Waals surface area contributed by atoms with Crippen LogP contribution in [0.2, 0.25) is 0 Å². The lowest BCUT2D eigenvalue weighted by Gasteiger charge is -2.48. The molecule has 5 rings (SSSR count). The lowest BCUT2D eigenvalue weighted by Crippen LogP contribution is -2.64. The summed E-state index contributed by atoms with van der Waals surface area (Å²) in [5, 5.41) is 10.8. The van der Waals surface area contributed by atoms with Crippen LogP contribution in [0.1, 0.15) is 94.7 Å². The number of β-lactam (4-membered cyclic amide) rings is 1. The van der Waals surface area contributed by atoms with E-state index in [1.807, 2.05) is 36.4 Å². The third kappa shape index (κ3) is 15.6. The SMILES string of the molecule is COC(=O)[C@H]1O[C@@H](OCC(CO)(CCc2ccc([C@@H]3C(CC[C@H](OC(C)=O)c4ccc(F)cc4)C(=O)N3c3ccc(CCCNS(C)(=O)=O)cc3)cc2)OC(C)=O)[C@H](OC(C)=O)[C@@H](OC(C)=O)[C@@H]1OC(C)=O. The van der Waals surface area contributed by atoms with Crippen molar-refractivity contribution in [3.8, 4) is 0 Å². The van der Waals surface area contributed by atoms with Crippen LogP contribution in [0.3, 0.4) is 0 Å². The molecule has 3 aromatic rings. The molecule has 72 heavy (non-hydrogen) atoms. The van der Waals surface area contributed by atoms with Crippen LogP contribution in [-0.2, 0) is 94.3 Å². The van der Waals surface area contributed by atoms with E-state index in [9.17, 15) is 51.5 Å². The molecule has 1 amide bonds. The average Bonchev–Trinajstić information content (AvgIpc) is 3.31. The van der Waals surface area contributed by atoms with Crippen LogP contribution in [0, 0.1) is 11.7 Å². The molecule has 2 fully saturated rings. The molecule has 2 saturated heterocycles. The maximum Gasteiger partial charge on any atom is 0.339 e. The van der Waals surface area contributed by atoms with Crippen LogP contribution in [0.5, 0.6) is 0 Å². The summed E-state index contributed by atoms with van der Waals surface area (Å²) in [5.41, 5.74) is 1.79. The number of benzene rings is 3. The maximum atomic E-state index is 14.1. The topological polar surface area (TPSA) is 263 Å². The van der Waals surface area contributed by atoms with Crippen molar-refractivity contribution in [1.82, 2.24) is 4.72 Å². The summed E-state index contributed by atoms with van der Waals surface area (Å²) in [6, 6.07) is 19.8. The summed E-state index contributed by atoms with van der Waals surface area (Å²) < 4.78 is 83.5. The third-order valence-electron chi connectivity index (χ3n) is 11.9. The molecule has 0 radical (unpaired) electrons. The zero-order valence-electron chi connectivity index (χ0n) is 41.0. The monoisotopic (exact) mass is 1030 g/mol. The Morgan fingerprint density at radius 3 is 1.93 bits per heavy atom. The van der Waals surface area contributed by atoms with Crippen molar-refractivity contribution in [3.63, 3.8) is 0 Å². The van der Waals surface area contributed by atoms with Crippen LogP contribution in [0.25, 0.3) is 0 Å². The van der Waals surface area contributed by atoms with E-state index >= 15 is 0 Å². The quantitative estimate of drug-likeness (QED) is 0.0555. The Balaban J connectivity index is 1.39. The molecule has 0 saturated carbocycles. The molecule has 0 bridgehead atoms. The number of ether oxygens (including phenoxy) is 8. The predicted molar refractivity (Wildman–Crippen MR) is 251 cm³/mol. The fourth-order valence-corrected chi connectivity index (χ4v) is 9.21. The van der Waals surface area contributed by atoms with Gasteiger partial charge in [-0.15, -0.1) is 0 Å². The summed E-state index contributed by atoms with van der Waals surface area (Å²) in [5.74, 6) is -6.30. The number of aliphatic hydroxyl groups is 1. The van der Waals surface area contributed by atoms with E-state index in [1.54, 1.807) is 17.0 Å². The summed E-state index contributed by atoms with van der Waals surface area (Å²) in [6.45, 7) is 4.36. The molecule has 2 heterocycles. The van der Waals surface area contributed by atoms with Crippen molar-refractivity contribution in [2.45, 2.75) is 122 Å². The number of carbonyl (C=O) groups excluding carboxylic acids is 7. The Labute approximate surface area is 416 Å². The summed E-state index contributed by atoms with van der Waals surface area (Å²) in [7, 11) is -2.30. The number of sulfonamides is 1. The molecular formula is C50H61FN2O18S. The van der Waals surface area contributed by atoms with Crippen LogP contribution in [0.4, 0.5) is 10.1 Å². The lowest BCUT2D eigenvalue weighted by molar-refractivity contribution is -0.309. The minimum absolute atomic E-state index is 0.0640. The molecule has 0 spiro atoms. The van der Waals surface area contributed by atoms with Gasteiger partial charge in [-0.2, -0.15) is 0 Å². The smallest absolute Gasteiger partial charge is 0.339 e. The minimum Gasteiger partial charge on any atom is -0.467 e. The van der Waals surface area contributed by atoms with Gasteiger partial charge in [0.1, 0.15) is 11.9 Å². The molecule has 2 aliphatic heterocycles. The first-order chi connectivity index (χ1) is 34.0. The van der Waals surface area contributed by atoms with Gasteiger partial charge in [-0.1, -0.05) is 48.5 Å². The van der Waals surface area contributed by atoms with Gasteiger partial charge in [-0.3, -0.25) is 28.8 Å². The first kappa shape index (κ1) is 56.6. The summed E-state index contributed by atoms with van der Waals surface area (Å²) in [6.07, 6.45) is -6.33. The van der Waals surface area contributed by atoms with Crippen LogP contribution >= 0.6 is 0 Å². The molecule has 2 aliphatic rings. The highest BCUT2D eigenvalue weighted by Crippen LogP contribution is 2.47. The Bertz CT molecular complexity index is 2510. The van der Waals surface area contributed by atoms with E-state index in [0.29, 0.717) is 36.1 Å². The van der Waals surface area contributed by atoms with E-state index in [-0.39, 0.29) is 31.7 Å². The number of hydrogen-bond acceptors (Lipinski definition) is 18. The molecule has 2 N–H and O–H groups in total. The molecule has 20 nitrogen and oxygen atoms in total. The Hall–Kier alpha value is -6.33. The van der Waals surface area contributed by atoms with E-state index < -0.39 is 119 Å². The zero-order chi connectivity index (χ0) is 52.9. The average molecular weight is 1030 g/mol. The van der Waals surface area contributed by atoms with Crippen molar-refractivity contribution in [3.05, 3.63) is 101 Å². The number of carbonyl (C=O) groups is 7. The number of methoxy groups -OCH3 is 1. The molecule has 2 unspecified atom stereocenters. The molecule has 0 aliphatic carbocycles. The molecular weight excluding hydrogens is 968 g/mol. The van der Waals surface area contributed by atoms with Gasteiger partial charge in [0, 0.05) is 46.9 Å². The Morgan fingerprint density at radius 2 is 1.38 bits per heavy atom. The normalized spacial score (nSPS) is 22.0. The van der Waals surface area contributed by atoms with Crippen molar-refractivity contribution >= 4 is 57.4 Å². The van der Waals surface area contributed by atoms with Crippen molar-refractivity contribution < 1.29 is 89.4 Å². The first-order valence-corrected chi connectivity index (χ1v) is 25.0. The lowest BCUT2D eigenvalue weighted by atomic mass is 9.78. The largest absolute Gasteiger partial charge is 0.467 e. The molecule has 392 valence electrons. The number of nitrogens with zero attached hydrogens (tertiary/aromatic N) is 1. The number of hydrogen-bond donors (Lipinski definition) is 2. The van der Waals surface area contributed by atoms with Gasteiger partial charge in [-0.25, -0.2) is 22.3 Å². The second-order valence-electron chi connectivity index (χ2n) is 17.6. The summed E-state index contributed by atoms with van der Waals surface area (Å²) >= 11 is 0. The van der Waals surface area contributed by atoms with Gasteiger partial charge >= 0.3 is 35.8 Å². The summed E-state index contributed by atoms with van der Waals surface area (Å²) in [4.78, 5) is 90.2. The third-order valence-corrected chi connectivity index (χ3v) is 12.6. The second-order valence-corrected chi connectivity index (χ2v) is 19.4. The van der Waals surface area contributed by atoms with Gasteiger partial charge < -0.3 is 47.9 Å². The molecule has 0 aromatic heterocycles. The standard InChI is InChI=1S/C50H61FN2O18S/c1-29(55)66-41(36-16-18-38(51)19-17-36)23-22-40-42(53(47(40)60)39-20-12-34(13-21-39)9-8-26-52-72(7,62)63)37-14-10-35(11-15-37)24-25-50(27-54,71-33(5)59)28-65-49-46(69-32(4)58)44(68-31(3)57)43(67-30(2)56)45(70-49)48(61)64-6/h10-21,40-46,49,52,54H,8-9,22-28H2,1-7H3/t40?,41-,42+,43-,44-,45-,46+,49+,50?/m0/s1. The van der Waals surface area contributed by atoms with Crippen LogP contribution in [-0.4, -0.2) is 125 Å². The Morgan fingerprint density at radius 1 is 0.792 bits per heavy atom. The highest BCUT2D eigenvalue weighted by atomic mass is 32.2. The Kier molecular flexibility index (Phi) is 19.9. The van der Waals surface area contributed by atoms with Crippen molar-refractivity contribution in [2.75, 3.05) is 38.0 Å². The second kappa shape index (κ2) is 25.4. The van der Waals surface area contributed by atoms with Crippen LogP contribution < -0.4 is 9.62 Å². The number of anilines is 1. The number of aliphatic hydroxyl groups excluding tert-OH is 1. The maximum absolute atomic E-state index is 14.1. The van der Waals surface area contributed by atoms with E-state index in [2.05, 4.69) is 4.72 Å². The fraction of sp³-hybridized carbons (Fsp3) is 0.500. The number of halogens is 1. The van der Waals surface area contributed by atoms with Crippen LogP contribution in [0.15, 0.2) is 72.8 Å². The minimum atomic E-state index is -3.33. The number of rotatable bonds is 24. The van der Waals surface area contributed by atoms with Gasteiger partial charge in [0.05, 0.1) is 38.5 Å². The van der Waals surface area contributed by atoms with Gasteiger partial charge in [0.25, 0.3) is 0 Å². The predicted octanol–water partition coefficient (Wildman–Crippen LogP) is 4.03. The first-order valence-electron chi connectivity index (χ1n) is 23.1. The fourth-order valence-electron chi connectivity index (χ4n) is 8.69. The van der Waals surface area contributed by atoms with E-state index in [1.165, 1.54) is 31.2 Å². The highest BCUT2D eigenvalue weighted by Gasteiger charge is 2.56. The van der Waals surface area contributed by atoms with E-state index in [0.717, 1.165) is 52.2 Å². The molecule has 22 heteroatoms. The van der Waals surface area contributed by atoms with Gasteiger partial charge in [-0.05, 0) is 85.0 Å². The van der Waals surface area contributed by atoms with Crippen molar-refractivity contribution in [1.29, 1.82) is 0 Å². The number of nitrogens with one attached hydrogen (secondary N) is 1. The zero-order valence-corrected chi connectivity index (χ0v) is 41.8.